The van der Waals surface area contributed by atoms with Crippen molar-refractivity contribution >= 4 is 35.1 Å². The van der Waals surface area contributed by atoms with Gasteiger partial charge in [0.15, 0.2) is 0 Å². The van der Waals surface area contributed by atoms with Gasteiger partial charge in [-0.1, -0.05) is 29.8 Å². The zero-order valence-electron chi connectivity index (χ0n) is 17.2. The lowest BCUT2D eigenvalue weighted by atomic mass is 9.84. The smallest absolute Gasteiger partial charge is 0.407 e. The fourth-order valence-corrected chi connectivity index (χ4v) is 3.90. The summed E-state index contributed by atoms with van der Waals surface area (Å²) < 4.78 is 18.4. The second-order valence-electron chi connectivity index (χ2n) is 7.56. The molecule has 1 fully saturated rings. The molecule has 0 aliphatic heterocycles. The Bertz CT molecular complexity index is 924. The molecule has 6 nitrogen and oxygen atoms in total. The largest absolute Gasteiger partial charge is 0.453 e. The van der Waals surface area contributed by atoms with E-state index in [4.69, 9.17) is 11.6 Å². The zero-order chi connectivity index (χ0) is 22.2. The number of alkyl carbamates (subject to hydrolysis) is 1. The lowest BCUT2D eigenvalue weighted by molar-refractivity contribution is 0.0975. The molecular weight excluding hydrogens is 421 g/mol. The van der Waals surface area contributed by atoms with Gasteiger partial charge in [-0.3, -0.25) is 4.79 Å². The Labute approximate surface area is 185 Å². The molecule has 0 saturated heterocycles. The van der Waals surface area contributed by atoms with Crippen LogP contribution in [0.1, 0.15) is 42.5 Å². The molecule has 1 saturated carbocycles. The lowest BCUT2D eigenvalue weighted by Gasteiger charge is -2.29. The number of carbonyl (C=O) groups is 2. The molecule has 31 heavy (non-hydrogen) atoms. The van der Waals surface area contributed by atoms with E-state index in [-0.39, 0.29) is 22.9 Å². The van der Waals surface area contributed by atoms with Crippen molar-refractivity contribution in [1.82, 2.24) is 10.6 Å². The van der Waals surface area contributed by atoms with Gasteiger partial charge in [0.25, 0.3) is 5.91 Å². The molecule has 0 bridgehead atoms. The molecule has 3 rings (SSSR count). The van der Waals surface area contributed by atoms with Crippen molar-refractivity contribution in [1.29, 1.82) is 0 Å². The van der Waals surface area contributed by atoms with Crippen LogP contribution in [-0.2, 0) is 4.74 Å². The summed E-state index contributed by atoms with van der Waals surface area (Å²) in [5.74, 6) is -0.0354. The molecular formula is C23H25ClFN3O3. The Morgan fingerprint density at radius 2 is 1.84 bits per heavy atom. The standard InChI is InChI=1S/C23H25ClFN3O3/c1-31-23(30)27-19-9-7-15(8-10-19)11-21(26-20-13-17(24)12-18(25)14-20)28-22(29)16-5-3-2-4-6-16/h2-6,12-15,19H,7-11H2,1H3,(H,27,30)(H,26,28,29). The molecule has 1 aliphatic carbocycles. The number of rotatable bonds is 5. The molecule has 0 spiro atoms. The molecule has 2 aromatic carbocycles. The van der Waals surface area contributed by atoms with E-state index in [0.717, 1.165) is 25.7 Å². The highest BCUT2D eigenvalue weighted by molar-refractivity contribution is 6.30. The van der Waals surface area contributed by atoms with Gasteiger partial charge >= 0.3 is 6.09 Å². The quantitative estimate of drug-likeness (QED) is 0.487. The second kappa shape index (κ2) is 10.9. The minimum atomic E-state index is -0.491. The number of nitrogens with one attached hydrogen (secondary N) is 2. The number of amides is 2. The van der Waals surface area contributed by atoms with Gasteiger partial charge in [-0.2, -0.15) is 0 Å². The second-order valence-corrected chi connectivity index (χ2v) is 8.00. The first-order valence-electron chi connectivity index (χ1n) is 10.2. The van der Waals surface area contributed by atoms with E-state index in [9.17, 15) is 14.0 Å². The summed E-state index contributed by atoms with van der Waals surface area (Å²) in [4.78, 5) is 28.6. The van der Waals surface area contributed by atoms with Crippen molar-refractivity contribution < 1.29 is 18.7 Å². The van der Waals surface area contributed by atoms with E-state index < -0.39 is 11.9 Å². The van der Waals surface area contributed by atoms with Gasteiger partial charge in [-0.05, 0) is 61.9 Å². The fourth-order valence-electron chi connectivity index (χ4n) is 3.69. The Morgan fingerprint density at radius 3 is 2.48 bits per heavy atom. The van der Waals surface area contributed by atoms with Gasteiger partial charge in [-0.15, -0.1) is 0 Å². The summed E-state index contributed by atoms with van der Waals surface area (Å²) in [5, 5.41) is 5.95. The van der Waals surface area contributed by atoms with Gasteiger partial charge < -0.3 is 15.4 Å². The fraction of sp³-hybridized carbons (Fsp3) is 0.348. The van der Waals surface area contributed by atoms with E-state index in [2.05, 4.69) is 20.4 Å². The molecule has 0 atom stereocenters. The van der Waals surface area contributed by atoms with Gasteiger partial charge in [0.2, 0.25) is 0 Å². The third kappa shape index (κ3) is 7.07. The number of halogens is 2. The normalized spacial score (nSPS) is 18.9. The Balaban J connectivity index is 1.72. The van der Waals surface area contributed by atoms with Gasteiger partial charge in [0, 0.05) is 23.0 Å². The Morgan fingerprint density at radius 1 is 1.13 bits per heavy atom. The average molecular weight is 446 g/mol. The molecule has 0 aromatic heterocycles. The summed E-state index contributed by atoms with van der Waals surface area (Å²) in [7, 11) is 1.35. The van der Waals surface area contributed by atoms with E-state index in [1.54, 1.807) is 30.3 Å². The van der Waals surface area contributed by atoms with E-state index in [0.29, 0.717) is 23.5 Å². The van der Waals surface area contributed by atoms with Gasteiger partial charge in [0.1, 0.15) is 11.7 Å². The number of aliphatic imine (C=N–C) groups is 1. The van der Waals surface area contributed by atoms with Crippen molar-refractivity contribution in [3.8, 4) is 0 Å². The Kier molecular flexibility index (Phi) is 8.00. The van der Waals surface area contributed by atoms with Crippen LogP contribution in [0.5, 0.6) is 0 Å². The molecule has 0 radical (unpaired) electrons. The van der Waals surface area contributed by atoms with Crippen molar-refractivity contribution in [3.63, 3.8) is 0 Å². The van der Waals surface area contributed by atoms with E-state index in [1.165, 1.54) is 19.2 Å². The molecule has 2 aromatic rings. The number of ether oxygens (including phenoxy) is 1. The van der Waals surface area contributed by atoms with Crippen LogP contribution in [-0.4, -0.2) is 31.0 Å². The minimum Gasteiger partial charge on any atom is -0.453 e. The predicted molar refractivity (Wildman–Crippen MR) is 118 cm³/mol. The van der Waals surface area contributed by atoms with Crippen LogP contribution in [0.3, 0.4) is 0 Å². The van der Waals surface area contributed by atoms with Crippen LogP contribution in [0.25, 0.3) is 0 Å². The number of hydrogen-bond acceptors (Lipinski definition) is 4. The predicted octanol–water partition coefficient (Wildman–Crippen LogP) is 5.24. The zero-order valence-corrected chi connectivity index (χ0v) is 18.0. The number of methoxy groups -OCH3 is 1. The van der Waals surface area contributed by atoms with Gasteiger partial charge in [0.05, 0.1) is 12.8 Å². The van der Waals surface area contributed by atoms with Crippen LogP contribution in [0.15, 0.2) is 53.5 Å². The summed E-state index contributed by atoms with van der Waals surface area (Å²) in [6, 6.07) is 12.9. The highest BCUT2D eigenvalue weighted by Gasteiger charge is 2.24. The number of hydrogen-bond donors (Lipinski definition) is 2. The average Bonchev–Trinajstić information content (AvgIpc) is 2.75. The molecule has 8 heteroatoms. The molecule has 1 aliphatic rings. The first kappa shape index (κ1) is 22.7. The maximum absolute atomic E-state index is 13.8. The highest BCUT2D eigenvalue weighted by Crippen LogP contribution is 2.28. The van der Waals surface area contributed by atoms with Crippen LogP contribution in [0.4, 0.5) is 14.9 Å². The number of amidine groups is 1. The Hall–Kier alpha value is -2.93. The van der Waals surface area contributed by atoms with Crippen molar-refractivity contribution in [2.75, 3.05) is 7.11 Å². The molecule has 0 heterocycles. The highest BCUT2D eigenvalue weighted by atomic mass is 35.5. The maximum atomic E-state index is 13.8. The van der Waals surface area contributed by atoms with Crippen molar-refractivity contribution in [3.05, 3.63) is 64.9 Å². The maximum Gasteiger partial charge on any atom is 0.407 e. The minimum absolute atomic E-state index is 0.0741. The third-order valence-corrected chi connectivity index (χ3v) is 5.46. The summed E-state index contributed by atoms with van der Waals surface area (Å²) >= 11 is 5.96. The molecule has 2 amide bonds. The van der Waals surface area contributed by atoms with Crippen LogP contribution in [0.2, 0.25) is 5.02 Å². The molecule has 2 N–H and O–H groups in total. The summed E-state index contributed by atoms with van der Waals surface area (Å²) in [6.45, 7) is 0. The first-order valence-corrected chi connectivity index (χ1v) is 10.5. The first-order chi connectivity index (χ1) is 14.9. The van der Waals surface area contributed by atoms with E-state index >= 15 is 0 Å². The van der Waals surface area contributed by atoms with Crippen LogP contribution < -0.4 is 10.6 Å². The summed E-state index contributed by atoms with van der Waals surface area (Å²) in [6.07, 6.45) is 3.44. The van der Waals surface area contributed by atoms with Gasteiger partial charge in [-0.25, -0.2) is 14.2 Å². The summed E-state index contributed by atoms with van der Waals surface area (Å²) in [5.41, 5.74) is 0.855. The van der Waals surface area contributed by atoms with E-state index in [1.807, 2.05) is 6.07 Å². The van der Waals surface area contributed by atoms with Crippen molar-refractivity contribution in [2.24, 2.45) is 10.9 Å². The van der Waals surface area contributed by atoms with Crippen molar-refractivity contribution in [2.45, 2.75) is 38.1 Å². The number of nitrogens with zero attached hydrogens (tertiary/aromatic N) is 1. The number of carbonyl (C=O) groups excluding carboxylic acids is 2. The molecule has 164 valence electrons. The van der Waals surface area contributed by atoms with Crippen LogP contribution >= 0.6 is 11.6 Å². The third-order valence-electron chi connectivity index (χ3n) is 5.24. The topological polar surface area (TPSA) is 79.8 Å². The monoisotopic (exact) mass is 445 g/mol. The SMILES string of the molecule is COC(=O)NC1CCC(CC(=Nc2cc(F)cc(Cl)c2)NC(=O)c2ccccc2)CC1. The molecule has 0 unspecified atom stereocenters. The number of benzene rings is 2. The lowest BCUT2D eigenvalue weighted by Crippen LogP contribution is -2.38. The van der Waals surface area contributed by atoms with Crippen LogP contribution in [0, 0.1) is 11.7 Å².